The van der Waals surface area contributed by atoms with E-state index in [4.69, 9.17) is 4.98 Å². The van der Waals surface area contributed by atoms with Crippen molar-refractivity contribution < 1.29 is 4.79 Å². The van der Waals surface area contributed by atoms with Crippen LogP contribution in [0.3, 0.4) is 0 Å². The number of aryl methyl sites for hydroxylation is 1. The SMILES string of the molecule is Cc1ccccc1NC(=O)Cn1c(/C=C/c2ccccc2)nc2ccccc21. The van der Waals surface area contributed by atoms with Gasteiger partial charge in [-0.2, -0.15) is 0 Å². The second-order valence-electron chi connectivity index (χ2n) is 6.65. The van der Waals surface area contributed by atoms with Crippen LogP contribution in [0.5, 0.6) is 0 Å². The van der Waals surface area contributed by atoms with Crippen molar-refractivity contribution in [3.05, 3.63) is 95.8 Å². The first-order valence-electron chi connectivity index (χ1n) is 9.24. The molecule has 1 N–H and O–H groups in total. The molecule has 0 radical (unpaired) electrons. The number of amides is 1. The first kappa shape index (κ1) is 17.7. The first-order chi connectivity index (χ1) is 13.7. The maximum absolute atomic E-state index is 12.7. The second-order valence-corrected chi connectivity index (χ2v) is 6.65. The lowest BCUT2D eigenvalue weighted by Gasteiger charge is -2.10. The van der Waals surface area contributed by atoms with Gasteiger partial charge in [0.15, 0.2) is 0 Å². The van der Waals surface area contributed by atoms with Crippen LogP contribution in [0.2, 0.25) is 0 Å². The van der Waals surface area contributed by atoms with E-state index in [2.05, 4.69) is 5.32 Å². The Bertz CT molecular complexity index is 1140. The Morgan fingerprint density at radius 2 is 1.64 bits per heavy atom. The van der Waals surface area contributed by atoms with Crippen LogP contribution in [0.1, 0.15) is 17.0 Å². The van der Waals surface area contributed by atoms with Gasteiger partial charge in [-0.25, -0.2) is 4.98 Å². The van der Waals surface area contributed by atoms with E-state index >= 15 is 0 Å². The van der Waals surface area contributed by atoms with Gasteiger partial charge in [-0.3, -0.25) is 4.79 Å². The second kappa shape index (κ2) is 7.92. The molecule has 0 unspecified atom stereocenters. The Morgan fingerprint density at radius 3 is 2.46 bits per heavy atom. The smallest absolute Gasteiger partial charge is 0.244 e. The van der Waals surface area contributed by atoms with Crippen molar-refractivity contribution in [2.24, 2.45) is 0 Å². The number of carbonyl (C=O) groups is 1. The van der Waals surface area contributed by atoms with Gasteiger partial charge in [0.2, 0.25) is 5.91 Å². The normalized spacial score (nSPS) is 11.2. The summed E-state index contributed by atoms with van der Waals surface area (Å²) in [5.41, 5.74) is 4.77. The van der Waals surface area contributed by atoms with Crippen molar-refractivity contribution in [3.63, 3.8) is 0 Å². The number of nitrogens with one attached hydrogen (secondary N) is 1. The Balaban J connectivity index is 1.64. The molecule has 0 atom stereocenters. The first-order valence-corrected chi connectivity index (χ1v) is 9.24. The van der Waals surface area contributed by atoms with Gasteiger partial charge in [0.05, 0.1) is 11.0 Å². The van der Waals surface area contributed by atoms with E-state index in [1.807, 2.05) is 103 Å². The molecule has 1 heterocycles. The summed E-state index contributed by atoms with van der Waals surface area (Å²) in [5.74, 6) is 0.678. The van der Waals surface area contributed by atoms with Crippen LogP contribution in [-0.2, 0) is 11.3 Å². The Labute approximate surface area is 164 Å². The summed E-state index contributed by atoms with van der Waals surface area (Å²) in [6.45, 7) is 2.18. The van der Waals surface area contributed by atoms with Crippen molar-refractivity contribution in [1.29, 1.82) is 0 Å². The summed E-state index contributed by atoms with van der Waals surface area (Å²) in [7, 11) is 0. The highest BCUT2D eigenvalue weighted by Gasteiger charge is 2.12. The number of fused-ring (bicyclic) bond motifs is 1. The highest BCUT2D eigenvalue weighted by Crippen LogP contribution is 2.19. The molecule has 3 aromatic carbocycles. The molecule has 138 valence electrons. The summed E-state index contributed by atoms with van der Waals surface area (Å²) in [6, 6.07) is 25.7. The molecule has 4 nitrogen and oxygen atoms in total. The van der Waals surface area contributed by atoms with Gasteiger partial charge in [0.1, 0.15) is 12.4 Å². The topological polar surface area (TPSA) is 46.9 Å². The third-order valence-electron chi connectivity index (χ3n) is 4.63. The van der Waals surface area contributed by atoms with E-state index in [1.54, 1.807) is 0 Å². The zero-order chi connectivity index (χ0) is 19.3. The average Bonchev–Trinajstić information content (AvgIpc) is 3.06. The number of carbonyl (C=O) groups excluding carboxylic acids is 1. The number of para-hydroxylation sites is 3. The highest BCUT2D eigenvalue weighted by atomic mass is 16.1. The van der Waals surface area contributed by atoms with Gasteiger partial charge in [0, 0.05) is 5.69 Å². The van der Waals surface area contributed by atoms with Crippen LogP contribution < -0.4 is 5.32 Å². The van der Waals surface area contributed by atoms with Crippen molar-refractivity contribution in [2.75, 3.05) is 5.32 Å². The number of nitrogens with zero attached hydrogens (tertiary/aromatic N) is 2. The van der Waals surface area contributed by atoms with Crippen LogP contribution in [0, 0.1) is 6.92 Å². The summed E-state index contributed by atoms with van der Waals surface area (Å²) in [4.78, 5) is 17.4. The number of hydrogen-bond acceptors (Lipinski definition) is 2. The van der Waals surface area contributed by atoms with E-state index in [0.717, 1.165) is 33.7 Å². The van der Waals surface area contributed by atoms with Crippen LogP contribution >= 0.6 is 0 Å². The van der Waals surface area contributed by atoms with Gasteiger partial charge in [-0.15, -0.1) is 0 Å². The lowest BCUT2D eigenvalue weighted by Crippen LogP contribution is -2.20. The molecule has 0 aliphatic rings. The van der Waals surface area contributed by atoms with E-state index in [0.29, 0.717) is 0 Å². The summed E-state index contributed by atoms with van der Waals surface area (Å²) >= 11 is 0. The minimum Gasteiger partial charge on any atom is -0.324 e. The number of anilines is 1. The minimum absolute atomic E-state index is 0.0770. The van der Waals surface area contributed by atoms with E-state index < -0.39 is 0 Å². The van der Waals surface area contributed by atoms with Crippen LogP contribution in [-0.4, -0.2) is 15.5 Å². The minimum atomic E-state index is -0.0770. The monoisotopic (exact) mass is 367 g/mol. The largest absolute Gasteiger partial charge is 0.324 e. The molecule has 0 saturated heterocycles. The molecule has 0 saturated carbocycles. The van der Waals surface area contributed by atoms with Crippen LogP contribution in [0.15, 0.2) is 78.9 Å². The predicted octanol–water partition coefficient (Wildman–Crippen LogP) is 5.15. The van der Waals surface area contributed by atoms with E-state index in [9.17, 15) is 4.79 Å². The van der Waals surface area contributed by atoms with Gasteiger partial charge in [-0.05, 0) is 42.3 Å². The summed E-state index contributed by atoms with van der Waals surface area (Å²) in [6.07, 6.45) is 3.97. The average molecular weight is 367 g/mol. The molecule has 0 spiro atoms. The van der Waals surface area contributed by atoms with E-state index in [1.165, 1.54) is 0 Å². The predicted molar refractivity (Wildman–Crippen MR) is 115 cm³/mol. The molecule has 0 aliphatic heterocycles. The van der Waals surface area contributed by atoms with Crippen molar-refractivity contribution in [3.8, 4) is 0 Å². The van der Waals surface area contributed by atoms with Crippen molar-refractivity contribution >= 4 is 34.8 Å². The number of aromatic nitrogens is 2. The van der Waals surface area contributed by atoms with Gasteiger partial charge in [0.25, 0.3) is 0 Å². The number of benzene rings is 3. The molecular weight excluding hydrogens is 346 g/mol. The maximum atomic E-state index is 12.7. The number of rotatable bonds is 5. The lowest BCUT2D eigenvalue weighted by atomic mass is 10.2. The fourth-order valence-electron chi connectivity index (χ4n) is 3.17. The highest BCUT2D eigenvalue weighted by molar-refractivity contribution is 5.93. The zero-order valence-electron chi connectivity index (χ0n) is 15.7. The maximum Gasteiger partial charge on any atom is 0.244 e. The third-order valence-corrected chi connectivity index (χ3v) is 4.63. The molecule has 0 fully saturated rings. The van der Waals surface area contributed by atoms with Gasteiger partial charge in [-0.1, -0.05) is 66.7 Å². The van der Waals surface area contributed by atoms with Crippen LogP contribution in [0.4, 0.5) is 5.69 Å². The van der Waals surface area contributed by atoms with Crippen LogP contribution in [0.25, 0.3) is 23.2 Å². The Morgan fingerprint density at radius 1 is 0.929 bits per heavy atom. The third kappa shape index (κ3) is 3.86. The van der Waals surface area contributed by atoms with Crippen molar-refractivity contribution in [2.45, 2.75) is 13.5 Å². The molecule has 4 rings (SSSR count). The van der Waals surface area contributed by atoms with Crippen molar-refractivity contribution in [1.82, 2.24) is 9.55 Å². The molecule has 1 aromatic heterocycles. The van der Waals surface area contributed by atoms with Gasteiger partial charge < -0.3 is 9.88 Å². The molecule has 1 amide bonds. The molecular formula is C24H21N3O. The summed E-state index contributed by atoms with van der Waals surface area (Å²) in [5, 5.41) is 3.00. The molecule has 0 bridgehead atoms. The Kier molecular flexibility index (Phi) is 5.02. The Hall–Kier alpha value is -3.66. The number of imidazole rings is 1. The fourth-order valence-corrected chi connectivity index (χ4v) is 3.17. The summed E-state index contributed by atoms with van der Waals surface area (Å²) < 4.78 is 1.95. The lowest BCUT2D eigenvalue weighted by molar-refractivity contribution is -0.116. The molecule has 4 heteroatoms. The molecule has 28 heavy (non-hydrogen) atoms. The molecule has 0 aliphatic carbocycles. The standard InChI is InChI=1S/C24H21N3O/c1-18-9-5-6-12-20(18)26-24(28)17-27-22-14-8-7-13-21(22)25-23(27)16-15-19-10-3-2-4-11-19/h2-16H,17H2,1H3,(H,26,28)/b16-15+. The van der Waals surface area contributed by atoms with E-state index in [-0.39, 0.29) is 12.5 Å². The molecule has 4 aromatic rings. The quantitative estimate of drug-likeness (QED) is 0.530. The van der Waals surface area contributed by atoms with Gasteiger partial charge >= 0.3 is 0 Å². The fraction of sp³-hybridized carbons (Fsp3) is 0.0833. The zero-order valence-corrected chi connectivity index (χ0v) is 15.7. The number of hydrogen-bond donors (Lipinski definition) is 1.